The third-order valence-corrected chi connectivity index (χ3v) is 3.98. The van der Waals surface area contributed by atoms with Gasteiger partial charge in [-0.05, 0) is 12.1 Å². The number of nitrogen functional groups attached to an aromatic ring is 1. The molecule has 1 aromatic carbocycles. The van der Waals surface area contributed by atoms with Gasteiger partial charge in [-0.1, -0.05) is 6.07 Å². The molecule has 25 heavy (non-hydrogen) atoms. The summed E-state index contributed by atoms with van der Waals surface area (Å²) in [5.74, 6) is -1.60. The first-order valence-electron chi connectivity index (χ1n) is 7.91. The molecule has 2 aromatic rings. The zero-order chi connectivity index (χ0) is 17.8. The van der Waals surface area contributed by atoms with Gasteiger partial charge in [0.2, 0.25) is 11.8 Å². The van der Waals surface area contributed by atoms with E-state index in [0.717, 1.165) is 19.2 Å². The van der Waals surface area contributed by atoms with Crippen LogP contribution in [0.2, 0.25) is 0 Å². The number of aromatic nitrogens is 2. The molecule has 0 atom stereocenters. The molecule has 0 unspecified atom stereocenters. The Morgan fingerprint density at radius 2 is 1.92 bits per heavy atom. The van der Waals surface area contributed by atoms with Crippen LogP contribution in [0.4, 0.5) is 20.5 Å². The molecule has 3 N–H and O–H groups in total. The first-order chi connectivity index (χ1) is 12.1. The number of hydrogen-bond donors (Lipinski definition) is 2. The number of aliphatic hydroxyl groups excluding tert-OH is 1. The lowest BCUT2D eigenvalue weighted by Crippen LogP contribution is -2.47. The van der Waals surface area contributed by atoms with Gasteiger partial charge in [-0.25, -0.2) is 9.37 Å². The van der Waals surface area contributed by atoms with Crippen molar-refractivity contribution in [3.8, 4) is 11.5 Å². The number of benzene rings is 1. The standard InChI is InChI=1S/C16H19F2N5O2/c17-11-2-1-3-12(14(11)18)25-13-10-20-16(19)21-15(13)23-6-4-22(5-7-23)8-9-24/h1-3,10,24H,4-9H2,(H2,19,20,21). The molecule has 1 fully saturated rings. The minimum absolute atomic E-state index is 0.0693. The highest BCUT2D eigenvalue weighted by molar-refractivity contribution is 5.55. The summed E-state index contributed by atoms with van der Waals surface area (Å²) in [5, 5.41) is 9.02. The molecule has 2 heterocycles. The Hall–Kier alpha value is -2.52. The molecule has 3 rings (SSSR count). The van der Waals surface area contributed by atoms with Crippen molar-refractivity contribution >= 4 is 11.8 Å². The fourth-order valence-electron chi connectivity index (χ4n) is 2.68. The lowest BCUT2D eigenvalue weighted by atomic mass is 10.3. The van der Waals surface area contributed by atoms with E-state index in [-0.39, 0.29) is 24.1 Å². The van der Waals surface area contributed by atoms with Crippen molar-refractivity contribution in [3.05, 3.63) is 36.0 Å². The van der Waals surface area contributed by atoms with Crippen LogP contribution in [0.15, 0.2) is 24.4 Å². The van der Waals surface area contributed by atoms with Gasteiger partial charge in [0.05, 0.1) is 12.8 Å². The van der Waals surface area contributed by atoms with Crippen LogP contribution in [0.1, 0.15) is 0 Å². The number of piperazine rings is 1. The van der Waals surface area contributed by atoms with Crippen molar-refractivity contribution in [1.82, 2.24) is 14.9 Å². The molecule has 9 heteroatoms. The Labute approximate surface area is 143 Å². The SMILES string of the molecule is Nc1ncc(Oc2cccc(F)c2F)c(N2CCN(CCO)CC2)n1. The van der Waals surface area contributed by atoms with Crippen LogP contribution in [-0.2, 0) is 0 Å². The zero-order valence-electron chi connectivity index (χ0n) is 13.5. The number of nitrogens with two attached hydrogens (primary N) is 1. The largest absolute Gasteiger partial charge is 0.449 e. The molecule has 0 bridgehead atoms. The summed E-state index contributed by atoms with van der Waals surface area (Å²) in [6.45, 7) is 3.46. The summed E-state index contributed by atoms with van der Waals surface area (Å²) in [6, 6.07) is 3.71. The number of nitrogens with zero attached hydrogens (tertiary/aromatic N) is 4. The average molecular weight is 351 g/mol. The summed E-state index contributed by atoms with van der Waals surface area (Å²) in [5.41, 5.74) is 5.67. The monoisotopic (exact) mass is 351 g/mol. The molecule has 0 spiro atoms. The Morgan fingerprint density at radius 1 is 1.16 bits per heavy atom. The van der Waals surface area contributed by atoms with E-state index in [4.69, 9.17) is 15.6 Å². The zero-order valence-corrected chi connectivity index (χ0v) is 13.5. The average Bonchev–Trinajstić information content (AvgIpc) is 2.61. The number of anilines is 2. The lowest BCUT2D eigenvalue weighted by Gasteiger charge is -2.35. The third-order valence-electron chi connectivity index (χ3n) is 3.98. The summed E-state index contributed by atoms with van der Waals surface area (Å²) in [4.78, 5) is 12.1. The summed E-state index contributed by atoms with van der Waals surface area (Å²) in [7, 11) is 0. The Kier molecular flexibility index (Phi) is 5.25. The summed E-state index contributed by atoms with van der Waals surface area (Å²) in [6.07, 6.45) is 1.35. The van der Waals surface area contributed by atoms with E-state index in [1.807, 2.05) is 4.90 Å². The van der Waals surface area contributed by atoms with Crippen LogP contribution >= 0.6 is 0 Å². The van der Waals surface area contributed by atoms with Crippen LogP contribution in [0.5, 0.6) is 11.5 Å². The van der Waals surface area contributed by atoms with Gasteiger partial charge in [0.1, 0.15) is 0 Å². The Balaban J connectivity index is 1.83. The quantitative estimate of drug-likeness (QED) is 0.838. The van der Waals surface area contributed by atoms with Crippen LogP contribution in [-0.4, -0.2) is 59.3 Å². The van der Waals surface area contributed by atoms with Gasteiger partial charge in [0, 0.05) is 32.7 Å². The second-order valence-electron chi connectivity index (χ2n) is 5.62. The second-order valence-corrected chi connectivity index (χ2v) is 5.62. The van der Waals surface area contributed by atoms with Crippen LogP contribution < -0.4 is 15.4 Å². The molecule has 1 aliphatic heterocycles. The molecule has 0 aliphatic carbocycles. The maximum Gasteiger partial charge on any atom is 0.222 e. The van der Waals surface area contributed by atoms with E-state index < -0.39 is 11.6 Å². The first-order valence-corrected chi connectivity index (χ1v) is 7.91. The molecule has 0 amide bonds. The highest BCUT2D eigenvalue weighted by Gasteiger charge is 2.22. The van der Waals surface area contributed by atoms with Crippen molar-refractivity contribution in [2.45, 2.75) is 0 Å². The number of hydrogen-bond acceptors (Lipinski definition) is 7. The molecule has 1 aliphatic rings. The van der Waals surface area contributed by atoms with E-state index in [2.05, 4.69) is 14.9 Å². The van der Waals surface area contributed by atoms with Gasteiger partial charge in [-0.3, -0.25) is 4.90 Å². The molecule has 134 valence electrons. The van der Waals surface area contributed by atoms with E-state index >= 15 is 0 Å². The van der Waals surface area contributed by atoms with Gasteiger partial charge >= 0.3 is 0 Å². The predicted molar refractivity (Wildman–Crippen MR) is 88.6 cm³/mol. The smallest absolute Gasteiger partial charge is 0.222 e. The normalized spacial score (nSPS) is 15.4. The highest BCUT2D eigenvalue weighted by Crippen LogP contribution is 2.32. The van der Waals surface area contributed by atoms with Crippen molar-refractivity contribution in [3.63, 3.8) is 0 Å². The van der Waals surface area contributed by atoms with E-state index in [9.17, 15) is 8.78 Å². The van der Waals surface area contributed by atoms with Gasteiger partial charge < -0.3 is 20.5 Å². The molecule has 1 aromatic heterocycles. The van der Waals surface area contributed by atoms with Gasteiger partial charge in [-0.15, -0.1) is 0 Å². The second kappa shape index (κ2) is 7.58. The fourth-order valence-corrected chi connectivity index (χ4v) is 2.68. The van der Waals surface area contributed by atoms with Crippen molar-refractivity contribution in [2.75, 3.05) is 50.0 Å². The van der Waals surface area contributed by atoms with Crippen molar-refractivity contribution < 1.29 is 18.6 Å². The third kappa shape index (κ3) is 3.94. The van der Waals surface area contributed by atoms with Crippen LogP contribution in [0.25, 0.3) is 0 Å². The van der Waals surface area contributed by atoms with Gasteiger partial charge in [0.25, 0.3) is 0 Å². The lowest BCUT2D eigenvalue weighted by molar-refractivity contribution is 0.188. The van der Waals surface area contributed by atoms with Gasteiger partial charge in [0.15, 0.2) is 23.1 Å². The van der Waals surface area contributed by atoms with Crippen LogP contribution in [0, 0.1) is 11.6 Å². The van der Waals surface area contributed by atoms with E-state index in [1.54, 1.807) is 0 Å². The first kappa shape index (κ1) is 17.3. The maximum atomic E-state index is 13.9. The number of β-amino-alcohol motifs (C(OH)–C–C–N with tert-alkyl or cyclic N) is 1. The Morgan fingerprint density at radius 3 is 2.64 bits per heavy atom. The molecular weight excluding hydrogens is 332 g/mol. The molecule has 0 radical (unpaired) electrons. The molecular formula is C16H19F2N5O2. The minimum Gasteiger partial charge on any atom is -0.449 e. The number of rotatable bonds is 5. The summed E-state index contributed by atoms with van der Waals surface area (Å²) < 4.78 is 32.8. The summed E-state index contributed by atoms with van der Waals surface area (Å²) >= 11 is 0. The highest BCUT2D eigenvalue weighted by atomic mass is 19.2. The molecule has 0 saturated carbocycles. The van der Waals surface area contributed by atoms with Crippen molar-refractivity contribution in [2.24, 2.45) is 0 Å². The number of ether oxygens (including phenoxy) is 1. The Bertz CT molecular complexity index is 738. The topological polar surface area (TPSA) is 87.7 Å². The van der Waals surface area contributed by atoms with E-state index in [1.165, 1.54) is 18.3 Å². The van der Waals surface area contributed by atoms with Gasteiger partial charge in [-0.2, -0.15) is 9.37 Å². The predicted octanol–water partition coefficient (Wildman–Crippen LogP) is 1.24. The molecule has 7 nitrogen and oxygen atoms in total. The number of aliphatic hydroxyl groups is 1. The number of halogens is 2. The fraction of sp³-hybridized carbons (Fsp3) is 0.375. The van der Waals surface area contributed by atoms with E-state index in [0.29, 0.717) is 25.5 Å². The minimum atomic E-state index is -1.07. The van der Waals surface area contributed by atoms with Crippen molar-refractivity contribution in [1.29, 1.82) is 0 Å². The van der Waals surface area contributed by atoms with Crippen LogP contribution in [0.3, 0.4) is 0 Å². The maximum absolute atomic E-state index is 13.9. The molecule has 1 saturated heterocycles.